The molecule has 0 aliphatic heterocycles. The van der Waals surface area contributed by atoms with Crippen LogP contribution in [0.2, 0.25) is 0 Å². The highest BCUT2D eigenvalue weighted by Gasteiger charge is 2.38. The van der Waals surface area contributed by atoms with E-state index in [1.54, 1.807) is 0 Å². The number of aromatic nitrogens is 1. The van der Waals surface area contributed by atoms with Gasteiger partial charge in [0.15, 0.2) is 5.78 Å². The first-order valence-corrected chi connectivity index (χ1v) is 8.01. The van der Waals surface area contributed by atoms with Crippen molar-refractivity contribution in [2.75, 3.05) is 0 Å². The van der Waals surface area contributed by atoms with Crippen molar-refractivity contribution in [3.05, 3.63) is 33.2 Å². The monoisotopic (exact) mass is 332 g/mol. The summed E-state index contributed by atoms with van der Waals surface area (Å²) in [5, 5.41) is 11.6. The topological polar surface area (TPSA) is 116 Å². The van der Waals surface area contributed by atoms with Crippen LogP contribution in [0.5, 0.6) is 0 Å². The minimum Gasteiger partial charge on any atom is -0.480 e. The predicted octanol–water partition coefficient (Wildman–Crippen LogP) is 1.12. The molecule has 24 heavy (non-hydrogen) atoms. The van der Waals surface area contributed by atoms with Crippen molar-refractivity contribution in [2.24, 2.45) is 11.3 Å². The summed E-state index contributed by atoms with van der Waals surface area (Å²) in [4.78, 5) is 50.7. The Balaban J connectivity index is 1.91. The van der Waals surface area contributed by atoms with Gasteiger partial charge in [-0.05, 0) is 36.7 Å². The zero-order valence-corrected chi connectivity index (χ0v) is 13.6. The molecule has 1 heterocycles. The van der Waals surface area contributed by atoms with Crippen molar-refractivity contribution in [3.63, 3.8) is 0 Å². The summed E-state index contributed by atoms with van der Waals surface area (Å²) in [6.07, 6.45) is 2.37. The van der Waals surface area contributed by atoms with Gasteiger partial charge in [-0.3, -0.25) is 14.4 Å². The number of carboxylic acids is 1. The van der Waals surface area contributed by atoms with Crippen molar-refractivity contribution in [3.8, 4) is 0 Å². The summed E-state index contributed by atoms with van der Waals surface area (Å²) in [5.41, 5.74) is -0.172. The minimum atomic E-state index is -1.11. The lowest BCUT2D eigenvalue weighted by atomic mass is 9.75. The van der Waals surface area contributed by atoms with E-state index in [0.717, 1.165) is 12.8 Å². The molecule has 7 nitrogen and oxygen atoms in total. The third-order valence-electron chi connectivity index (χ3n) is 4.61. The molecule has 128 valence electrons. The molecule has 1 saturated carbocycles. The summed E-state index contributed by atoms with van der Waals surface area (Å²) in [6, 6.07) is 0.301. The van der Waals surface area contributed by atoms with Crippen molar-refractivity contribution in [1.29, 1.82) is 0 Å². The lowest BCUT2D eigenvalue weighted by Gasteiger charge is -2.29. The number of carbonyl (C=O) groups is 3. The van der Waals surface area contributed by atoms with Crippen LogP contribution in [-0.4, -0.2) is 33.8 Å². The van der Waals surface area contributed by atoms with Crippen LogP contribution in [0.1, 0.15) is 59.5 Å². The average Bonchev–Trinajstić information content (AvgIpc) is 3.26. The van der Waals surface area contributed by atoms with Gasteiger partial charge in [-0.2, -0.15) is 0 Å². The van der Waals surface area contributed by atoms with Gasteiger partial charge in [0.25, 0.3) is 11.5 Å². The molecule has 3 N–H and O–H groups in total. The Morgan fingerprint density at radius 2 is 1.96 bits per heavy atom. The number of hydrogen-bond donors (Lipinski definition) is 3. The Bertz CT molecular complexity index is 789. The fraction of sp³-hybridized carbons (Fsp3) is 0.529. The molecule has 0 saturated heterocycles. The summed E-state index contributed by atoms with van der Waals surface area (Å²) in [5.74, 6) is -2.08. The third kappa shape index (κ3) is 3.11. The first-order chi connectivity index (χ1) is 11.2. The first-order valence-electron chi connectivity index (χ1n) is 8.01. The lowest BCUT2D eigenvalue weighted by molar-refractivity contribution is -0.139. The highest BCUT2D eigenvalue weighted by atomic mass is 16.4. The maximum absolute atomic E-state index is 12.3. The molecule has 0 radical (unpaired) electrons. The molecular formula is C17H20N2O5. The number of Topliss-reactive ketones (excluding diaryl/α,β-unsaturated/α-hetero) is 1. The molecule has 3 rings (SSSR count). The number of fused-ring (bicyclic) bond motifs is 1. The van der Waals surface area contributed by atoms with Crippen molar-refractivity contribution < 1.29 is 19.5 Å². The van der Waals surface area contributed by atoms with Gasteiger partial charge >= 0.3 is 5.97 Å². The smallest absolute Gasteiger partial charge is 0.326 e. The van der Waals surface area contributed by atoms with E-state index in [9.17, 15) is 24.3 Å². The minimum absolute atomic E-state index is 0.0920. The molecule has 1 fully saturated rings. The number of carboxylic acid groups (broad SMARTS) is 1. The highest BCUT2D eigenvalue weighted by molar-refractivity contribution is 6.02. The molecule has 1 amide bonds. The number of hydrogen-bond acceptors (Lipinski definition) is 4. The van der Waals surface area contributed by atoms with E-state index in [0.29, 0.717) is 24.1 Å². The fourth-order valence-electron chi connectivity index (χ4n) is 3.23. The normalized spacial score (nSPS) is 20.2. The Kier molecular flexibility index (Phi) is 3.81. The van der Waals surface area contributed by atoms with Crippen LogP contribution in [0.3, 0.4) is 0 Å². The van der Waals surface area contributed by atoms with Gasteiger partial charge in [0.2, 0.25) is 0 Å². The number of nitrogens with one attached hydrogen (secondary N) is 2. The average molecular weight is 332 g/mol. The van der Waals surface area contributed by atoms with E-state index >= 15 is 0 Å². The second-order valence-corrected chi connectivity index (χ2v) is 7.47. The van der Waals surface area contributed by atoms with E-state index in [1.807, 2.05) is 13.8 Å². The molecule has 0 aromatic carbocycles. The number of carbonyl (C=O) groups excluding carboxylic acids is 2. The SMILES string of the molecule is CC1(C)CC(=O)c2cc(C(=O)NC(C(=O)O)C3CC3)c(=O)[nH]c2C1. The fourth-order valence-corrected chi connectivity index (χ4v) is 3.23. The van der Waals surface area contributed by atoms with E-state index in [1.165, 1.54) is 6.07 Å². The number of aromatic amines is 1. The van der Waals surface area contributed by atoms with E-state index in [-0.39, 0.29) is 22.7 Å². The van der Waals surface area contributed by atoms with Gasteiger partial charge in [-0.1, -0.05) is 13.8 Å². The van der Waals surface area contributed by atoms with Crippen LogP contribution < -0.4 is 10.9 Å². The maximum atomic E-state index is 12.3. The molecule has 7 heteroatoms. The molecule has 1 aromatic rings. The molecule has 2 aliphatic rings. The Morgan fingerprint density at radius 1 is 1.29 bits per heavy atom. The zero-order chi connectivity index (χ0) is 17.6. The standard InChI is InChI=1S/C17H20N2O5/c1-17(2)6-11-9(12(20)7-17)5-10(14(21)18-11)15(22)19-13(16(23)24)8-3-4-8/h5,8,13H,3-4,6-7H2,1-2H3,(H,18,21)(H,19,22)(H,23,24). The largest absolute Gasteiger partial charge is 0.480 e. The molecule has 2 aliphatic carbocycles. The van der Waals surface area contributed by atoms with E-state index < -0.39 is 23.5 Å². The molecular weight excluding hydrogens is 312 g/mol. The first kappa shape index (κ1) is 16.4. The second-order valence-electron chi connectivity index (χ2n) is 7.47. The Morgan fingerprint density at radius 3 is 2.54 bits per heavy atom. The number of amides is 1. The summed E-state index contributed by atoms with van der Waals surface area (Å²) in [6.45, 7) is 3.89. The second kappa shape index (κ2) is 5.58. The maximum Gasteiger partial charge on any atom is 0.326 e. The van der Waals surface area contributed by atoms with Crippen molar-refractivity contribution in [2.45, 2.75) is 45.6 Å². The predicted molar refractivity (Wildman–Crippen MR) is 85.1 cm³/mol. The Labute approximate surface area is 138 Å². The number of aliphatic carboxylic acids is 1. The number of rotatable bonds is 4. The molecule has 1 atom stereocenters. The third-order valence-corrected chi connectivity index (χ3v) is 4.61. The molecule has 1 unspecified atom stereocenters. The van der Waals surface area contributed by atoms with Crippen LogP contribution >= 0.6 is 0 Å². The van der Waals surface area contributed by atoms with Crippen molar-refractivity contribution in [1.82, 2.24) is 10.3 Å². The number of pyridine rings is 1. The van der Waals surface area contributed by atoms with Gasteiger partial charge < -0.3 is 15.4 Å². The molecule has 0 bridgehead atoms. The number of H-pyrrole nitrogens is 1. The van der Waals surface area contributed by atoms with Crippen LogP contribution in [0, 0.1) is 11.3 Å². The van der Waals surface area contributed by atoms with Crippen LogP contribution in [-0.2, 0) is 11.2 Å². The summed E-state index contributed by atoms with van der Waals surface area (Å²) in [7, 11) is 0. The molecule has 0 spiro atoms. The van der Waals surface area contributed by atoms with E-state index in [2.05, 4.69) is 10.3 Å². The van der Waals surface area contributed by atoms with Crippen LogP contribution in [0.4, 0.5) is 0 Å². The van der Waals surface area contributed by atoms with Gasteiger partial charge in [-0.25, -0.2) is 4.79 Å². The van der Waals surface area contributed by atoms with Crippen LogP contribution in [0.25, 0.3) is 0 Å². The number of ketones is 1. The van der Waals surface area contributed by atoms with Gasteiger partial charge in [0.05, 0.1) is 0 Å². The van der Waals surface area contributed by atoms with Gasteiger partial charge in [-0.15, -0.1) is 0 Å². The highest BCUT2D eigenvalue weighted by Crippen LogP contribution is 2.34. The van der Waals surface area contributed by atoms with E-state index in [4.69, 9.17) is 0 Å². The summed E-state index contributed by atoms with van der Waals surface area (Å²) < 4.78 is 0. The van der Waals surface area contributed by atoms with Crippen LogP contribution in [0.15, 0.2) is 10.9 Å². The zero-order valence-electron chi connectivity index (χ0n) is 13.6. The van der Waals surface area contributed by atoms with Crippen molar-refractivity contribution >= 4 is 17.7 Å². The lowest BCUT2D eigenvalue weighted by Crippen LogP contribution is -2.44. The molecule has 1 aromatic heterocycles. The summed E-state index contributed by atoms with van der Waals surface area (Å²) >= 11 is 0. The van der Waals surface area contributed by atoms with Gasteiger partial charge in [0.1, 0.15) is 11.6 Å². The van der Waals surface area contributed by atoms with Gasteiger partial charge in [0, 0.05) is 17.7 Å². The Hall–Kier alpha value is -2.44. The quantitative estimate of drug-likeness (QED) is 0.764.